The Morgan fingerprint density at radius 2 is 1.84 bits per heavy atom. The summed E-state index contributed by atoms with van der Waals surface area (Å²) in [6.45, 7) is 6.20. The van der Waals surface area contributed by atoms with E-state index in [1.54, 1.807) is 47.6 Å². The van der Waals surface area contributed by atoms with Crippen LogP contribution >= 0.6 is 11.3 Å². The molecule has 0 aliphatic carbocycles. The Bertz CT molecular complexity index is 1320. The summed E-state index contributed by atoms with van der Waals surface area (Å²) in [5.74, 6) is 0.985. The summed E-state index contributed by atoms with van der Waals surface area (Å²) in [5, 5.41) is 2.03. The summed E-state index contributed by atoms with van der Waals surface area (Å²) >= 11 is 1.67. The number of fused-ring (bicyclic) bond motifs is 1. The fourth-order valence-electron chi connectivity index (χ4n) is 4.53. The van der Waals surface area contributed by atoms with Crippen LogP contribution in [0, 0.1) is 6.92 Å². The van der Waals surface area contributed by atoms with Crippen LogP contribution < -0.4 is 9.47 Å². The molecule has 1 aromatic heterocycles. The molecule has 37 heavy (non-hydrogen) atoms. The molecular formula is C28H34N2O5S2. The summed E-state index contributed by atoms with van der Waals surface area (Å²) in [6, 6.07) is 15.5. The molecule has 2 aromatic carbocycles. The van der Waals surface area contributed by atoms with Gasteiger partial charge in [-0.1, -0.05) is 36.8 Å². The van der Waals surface area contributed by atoms with Crippen LogP contribution in [0.25, 0.3) is 0 Å². The topological polar surface area (TPSA) is 76.2 Å². The molecule has 0 spiro atoms. The van der Waals surface area contributed by atoms with Crippen molar-refractivity contribution in [2.75, 3.05) is 26.8 Å². The van der Waals surface area contributed by atoms with E-state index in [1.165, 1.54) is 9.18 Å². The number of aryl methyl sites for hydroxylation is 1. The molecule has 0 bridgehead atoms. The third-order valence-electron chi connectivity index (χ3n) is 6.88. The maximum absolute atomic E-state index is 13.8. The number of carbonyl (C=O) groups is 1. The molecular weight excluding hydrogens is 508 g/mol. The second kappa shape index (κ2) is 11.7. The first-order valence-electron chi connectivity index (χ1n) is 12.5. The van der Waals surface area contributed by atoms with Crippen LogP contribution in [0.4, 0.5) is 0 Å². The van der Waals surface area contributed by atoms with Gasteiger partial charge in [-0.15, -0.1) is 11.3 Å². The Kier molecular flexibility index (Phi) is 8.56. The van der Waals surface area contributed by atoms with E-state index >= 15 is 0 Å². The Morgan fingerprint density at radius 3 is 2.51 bits per heavy atom. The van der Waals surface area contributed by atoms with Gasteiger partial charge in [0.15, 0.2) is 11.5 Å². The normalized spacial score (nSPS) is 16.4. The highest BCUT2D eigenvalue weighted by Gasteiger charge is 2.36. The molecule has 7 nitrogen and oxygen atoms in total. The molecule has 1 aliphatic rings. The van der Waals surface area contributed by atoms with E-state index in [9.17, 15) is 13.2 Å². The molecule has 1 amide bonds. The monoisotopic (exact) mass is 542 g/mol. The van der Waals surface area contributed by atoms with Crippen molar-refractivity contribution in [2.45, 2.75) is 50.6 Å². The molecule has 9 heteroatoms. The van der Waals surface area contributed by atoms with Gasteiger partial charge in [-0.3, -0.25) is 4.79 Å². The average molecular weight is 543 g/mol. The lowest BCUT2D eigenvalue weighted by Gasteiger charge is -2.37. The van der Waals surface area contributed by atoms with Crippen LogP contribution in [0.5, 0.6) is 11.5 Å². The number of amides is 1. The van der Waals surface area contributed by atoms with Gasteiger partial charge in [0.2, 0.25) is 15.9 Å². The third-order valence-corrected chi connectivity index (χ3v) is 9.85. The predicted octanol–water partition coefficient (Wildman–Crippen LogP) is 5.06. The summed E-state index contributed by atoms with van der Waals surface area (Å²) in [4.78, 5) is 17.0. The lowest BCUT2D eigenvalue weighted by Crippen LogP contribution is -2.49. The molecule has 0 radical (unpaired) electrons. The summed E-state index contributed by atoms with van der Waals surface area (Å²) < 4.78 is 40.1. The van der Waals surface area contributed by atoms with Crippen molar-refractivity contribution in [2.24, 2.45) is 0 Å². The minimum Gasteiger partial charge on any atom is -0.493 e. The lowest BCUT2D eigenvalue weighted by molar-refractivity contribution is -0.135. The Labute approximate surface area is 223 Å². The molecule has 3 aromatic rings. The third kappa shape index (κ3) is 5.84. The van der Waals surface area contributed by atoms with Crippen molar-refractivity contribution in [1.82, 2.24) is 9.21 Å². The Morgan fingerprint density at radius 1 is 1.14 bits per heavy atom. The number of thiophene rings is 1. The smallest absolute Gasteiger partial charge is 0.243 e. The van der Waals surface area contributed by atoms with Crippen molar-refractivity contribution in [3.05, 3.63) is 76.0 Å². The molecule has 0 saturated carbocycles. The largest absolute Gasteiger partial charge is 0.493 e. The van der Waals surface area contributed by atoms with E-state index < -0.39 is 10.0 Å². The van der Waals surface area contributed by atoms with E-state index in [1.807, 2.05) is 56.5 Å². The first kappa shape index (κ1) is 27.2. The molecule has 0 unspecified atom stereocenters. The van der Waals surface area contributed by atoms with Gasteiger partial charge < -0.3 is 14.4 Å². The molecule has 0 saturated heterocycles. The highest BCUT2D eigenvalue weighted by atomic mass is 32.2. The highest BCUT2D eigenvalue weighted by molar-refractivity contribution is 7.89. The number of benzene rings is 2. The number of sulfonamides is 1. The fourth-order valence-corrected chi connectivity index (χ4v) is 7.11. The summed E-state index contributed by atoms with van der Waals surface area (Å²) in [5.41, 5.74) is 2.03. The molecule has 4 rings (SSSR count). The van der Waals surface area contributed by atoms with Crippen LogP contribution in [-0.2, 0) is 21.2 Å². The van der Waals surface area contributed by atoms with Gasteiger partial charge in [0.05, 0.1) is 24.6 Å². The second-order valence-electron chi connectivity index (χ2n) is 9.23. The quantitative estimate of drug-likeness (QED) is 0.358. The average Bonchev–Trinajstić information content (AvgIpc) is 3.39. The van der Waals surface area contributed by atoms with Crippen molar-refractivity contribution in [1.29, 1.82) is 0 Å². The predicted molar refractivity (Wildman–Crippen MR) is 146 cm³/mol. The van der Waals surface area contributed by atoms with Gasteiger partial charge in [0.25, 0.3) is 0 Å². The summed E-state index contributed by atoms with van der Waals surface area (Å²) in [6.07, 6.45) is 1.32. The van der Waals surface area contributed by atoms with Crippen LogP contribution in [0.2, 0.25) is 0 Å². The fraction of sp³-hybridized carbons (Fsp3) is 0.393. The number of ether oxygens (including phenoxy) is 2. The van der Waals surface area contributed by atoms with E-state index in [-0.39, 0.29) is 36.0 Å². The lowest BCUT2D eigenvalue weighted by atomic mass is 10.0. The Hall–Kier alpha value is -2.88. The molecule has 2 heterocycles. The van der Waals surface area contributed by atoms with E-state index in [4.69, 9.17) is 9.47 Å². The number of methoxy groups -OCH3 is 1. The van der Waals surface area contributed by atoms with E-state index in [2.05, 4.69) is 0 Å². The number of carbonyl (C=O) groups excluding carboxylic acids is 1. The maximum atomic E-state index is 13.8. The van der Waals surface area contributed by atoms with Crippen molar-refractivity contribution >= 4 is 27.3 Å². The van der Waals surface area contributed by atoms with Crippen molar-refractivity contribution in [3.8, 4) is 11.5 Å². The van der Waals surface area contributed by atoms with E-state index in [0.717, 1.165) is 17.5 Å². The first-order chi connectivity index (χ1) is 17.8. The van der Waals surface area contributed by atoms with Crippen molar-refractivity contribution in [3.63, 3.8) is 0 Å². The zero-order valence-corrected chi connectivity index (χ0v) is 23.3. The number of nitrogens with zero attached hydrogens (tertiary/aromatic N) is 2. The number of hydrogen-bond donors (Lipinski definition) is 0. The number of para-hydroxylation sites is 2. The van der Waals surface area contributed by atoms with Crippen molar-refractivity contribution < 1.29 is 22.7 Å². The van der Waals surface area contributed by atoms with Gasteiger partial charge in [-0.05, 0) is 68.0 Å². The van der Waals surface area contributed by atoms with Gasteiger partial charge in [0.1, 0.15) is 6.61 Å². The van der Waals surface area contributed by atoms with Crippen LogP contribution in [-0.4, -0.2) is 56.4 Å². The minimum atomic E-state index is -3.85. The van der Waals surface area contributed by atoms with Gasteiger partial charge >= 0.3 is 0 Å². The molecule has 2 atom stereocenters. The minimum absolute atomic E-state index is 0.195. The molecule has 0 fully saturated rings. The van der Waals surface area contributed by atoms with E-state index in [0.29, 0.717) is 24.5 Å². The Balaban J connectivity index is 1.60. The van der Waals surface area contributed by atoms with Crippen LogP contribution in [0.3, 0.4) is 0 Å². The molecule has 0 N–H and O–H groups in total. The highest BCUT2D eigenvalue weighted by Crippen LogP contribution is 2.35. The molecule has 198 valence electrons. The summed E-state index contributed by atoms with van der Waals surface area (Å²) in [7, 11) is -2.26. The van der Waals surface area contributed by atoms with Gasteiger partial charge in [-0.2, -0.15) is 4.31 Å². The van der Waals surface area contributed by atoms with Gasteiger partial charge in [0, 0.05) is 17.5 Å². The van der Waals surface area contributed by atoms with Crippen LogP contribution in [0.15, 0.2) is 64.9 Å². The molecule has 1 aliphatic heterocycles. The van der Waals surface area contributed by atoms with Crippen LogP contribution in [0.1, 0.15) is 42.3 Å². The number of hydrogen-bond acceptors (Lipinski definition) is 6. The zero-order valence-electron chi connectivity index (χ0n) is 21.7. The first-order valence-corrected chi connectivity index (χ1v) is 14.8. The zero-order chi connectivity index (χ0) is 26.6. The standard InChI is InChI=1S/C28H34N2O5S2/c1-5-21(3)30(37(32,33)22-12-10-20(2)11-13-22)18-28(31)29-16-14-27-23(15-17-36-27)24(29)19-35-26-9-7-6-8-25(26)34-4/h6-13,15,17,21,24H,5,14,16,18-19H2,1-4H3/t21-,24-/m1/s1. The number of rotatable bonds is 10. The second-order valence-corrected chi connectivity index (χ2v) is 12.1. The van der Waals surface area contributed by atoms with Gasteiger partial charge in [-0.25, -0.2) is 8.42 Å². The maximum Gasteiger partial charge on any atom is 0.243 e. The SMILES string of the molecule is CC[C@@H](C)N(CC(=O)N1CCc2sccc2[C@H]1COc1ccccc1OC)S(=O)(=O)c1ccc(C)cc1.